The van der Waals surface area contributed by atoms with Gasteiger partial charge in [-0.25, -0.2) is 0 Å². The fourth-order valence-electron chi connectivity index (χ4n) is 2.39. The molecule has 5 nitrogen and oxygen atoms in total. The average molecular weight is 270 g/mol. The van der Waals surface area contributed by atoms with Gasteiger partial charge in [-0.15, -0.1) is 0 Å². The molecule has 110 valence electrons. The molecule has 0 spiro atoms. The van der Waals surface area contributed by atoms with E-state index in [4.69, 9.17) is 0 Å². The van der Waals surface area contributed by atoms with Crippen molar-refractivity contribution < 1.29 is 14.7 Å². The van der Waals surface area contributed by atoms with Crippen LogP contribution in [-0.4, -0.2) is 46.6 Å². The SMILES string of the molecule is CN(CC(=O)NC(C)(C)C)C(=O)CC1(O)CCCC1. The third-order valence-corrected chi connectivity index (χ3v) is 3.34. The molecule has 1 aliphatic rings. The van der Waals surface area contributed by atoms with E-state index in [9.17, 15) is 14.7 Å². The number of aliphatic hydroxyl groups is 1. The van der Waals surface area contributed by atoms with Crippen LogP contribution in [0.15, 0.2) is 0 Å². The Balaban J connectivity index is 2.42. The molecular formula is C14H26N2O3. The van der Waals surface area contributed by atoms with Gasteiger partial charge in [-0.1, -0.05) is 12.8 Å². The summed E-state index contributed by atoms with van der Waals surface area (Å²) in [5.74, 6) is -0.352. The molecule has 1 fully saturated rings. The Morgan fingerprint density at radius 2 is 1.79 bits per heavy atom. The number of carbonyl (C=O) groups excluding carboxylic acids is 2. The Morgan fingerprint density at radius 1 is 1.26 bits per heavy atom. The summed E-state index contributed by atoms with van der Waals surface area (Å²) in [6.07, 6.45) is 3.42. The van der Waals surface area contributed by atoms with Crippen molar-refractivity contribution in [2.75, 3.05) is 13.6 Å². The number of carbonyl (C=O) groups is 2. The first-order valence-corrected chi connectivity index (χ1v) is 6.89. The summed E-state index contributed by atoms with van der Waals surface area (Å²) in [6.45, 7) is 5.72. The Labute approximate surface area is 115 Å². The van der Waals surface area contributed by atoms with Gasteiger partial charge in [0.05, 0.1) is 18.6 Å². The lowest BCUT2D eigenvalue weighted by Crippen LogP contribution is -2.47. The summed E-state index contributed by atoms with van der Waals surface area (Å²) >= 11 is 0. The zero-order chi connectivity index (χ0) is 14.7. The average Bonchev–Trinajstić information content (AvgIpc) is 2.61. The number of amides is 2. The molecule has 0 radical (unpaired) electrons. The summed E-state index contributed by atoms with van der Waals surface area (Å²) in [5.41, 5.74) is -1.16. The lowest BCUT2D eigenvalue weighted by Gasteiger charge is -2.26. The highest BCUT2D eigenvalue weighted by Gasteiger charge is 2.34. The maximum Gasteiger partial charge on any atom is 0.240 e. The fraction of sp³-hybridized carbons (Fsp3) is 0.857. The van der Waals surface area contributed by atoms with Gasteiger partial charge in [-0.05, 0) is 33.6 Å². The minimum Gasteiger partial charge on any atom is -0.389 e. The van der Waals surface area contributed by atoms with E-state index in [0.717, 1.165) is 12.8 Å². The van der Waals surface area contributed by atoms with Gasteiger partial charge < -0.3 is 15.3 Å². The van der Waals surface area contributed by atoms with Crippen LogP contribution >= 0.6 is 0 Å². The maximum absolute atomic E-state index is 12.0. The molecule has 1 saturated carbocycles. The van der Waals surface area contributed by atoms with Crippen LogP contribution in [0, 0.1) is 0 Å². The molecule has 2 N–H and O–H groups in total. The van der Waals surface area contributed by atoms with Crippen molar-refractivity contribution in [3.8, 4) is 0 Å². The molecule has 1 aliphatic carbocycles. The van der Waals surface area contributed by atoms with E-state index in [-0.39, 0.29) is 30.3 Å². The van der Waals surface area contributed by atoms with E-state index < -0.39 is 5.60 Å². The molecule has 19 heavy (non-hydrogen) atoms. The van der Waals surface area contributed by atoms with E-state index in [1.807, 2.05) is 20.8 Å². The Kier molecular flexibility index (Phi) is 4.96. The second kappa shape index (κ2) is 5.90. The standard InChI is InChI=1S/C14H26N2O3/c1-13(2,3)15-11(17)10-16(4)12(18)9-14(19)7-5-6-8-14/h19H,5-10H2,1-4H3,(H,15,17). The van der Waals surface area contributed by atoms with Crippen LogP contribution in [0.25, 0.3) is 0 Å². The Bertz CT molecular complexity index is 341. The van der Waals surface area contributed by atoms with Crippen LogP contribution in [0.2, 0.25) is 0 Å². The van der Waals surface area contributed by atoms with Gasteiger partial charge >= 0.3 is 0 Å². The predicted octanol–water partition coefficient (Wildman–Crippen LogP) is 1.05. The molecule has 0 saturated heterocycles. The minimum absolute atomic E-state index is 0.0339. The largest absolute Gasteiger partial charge is 0.389 e. The second-order valence-electron chi connectivity index (χ2n) is 6.66. The van der Waals surface area contributed by atoms with Crippen LogP contribution in [0.3, 0.4) is 0 Å². The quantitative estimate of drug-likeness (QED) is 0.802. The van der Waals surface area contributed by atoms with Crippen molar-refractivity contribution in [3.63, 3.8) is 0 Å². The summed E-state index contributed by atoms with van der Waals surface area (Å²) in [5, 5.41) is 13.0. The van der Waals surface area contributed by atoms with Crippen LogP contribution in [-0.2, 0) is 9.59 Å². The van der Waals surface area contributed by atoms with E-state index >= 15 is 0 Å². The Morgan fingerprint density at radius 3 is 2.26 bits per heavy atom. The molecule has 0 aromatic carbocycles. The highest BCUT2D eigenvalue weighted by atomic mass is 16.3. The van der Waals surface area contributed by atoms with Gasteiger partial charge in [0.1, 0.15) is 0 Å². The molecule has 0 atom stereocenters. The lowest BCUT2D eigenvalue weighted by atomic mass is 9.97. The highest BCUT2D eigenvalue weighted by Crippen LogP contribution is 2.32. The van der Waals surface area contributed by atoms with Gasteiger partial charge in [0.2, 0.25) is 11.8 Å². The van der Waals surface area contributed by atoms with E-state index in [1.165, 1.54) is 4.90 Å². The zero-order valence-electron chi connectivity index (χ0n) is 12.5. The summed E-state index contributed by atoms with van der Waals surface area (Å²) in [6, 6.07) is 0. The van der Waals surface area contributed by atoms with Crippen molar-refractivity contribution in [2.24, 2.45) is 0 Å². The molecule has 0 aromatic heterocycles. The van der Waals surface area contributed by atoms with Gasteiger partial charge in [0.15, 0.2) is 0 Å². The smallest absolute Gasteiger partial charge is 0.240 e. The molecular weight excluding hydrogens is 244 g/mol. The van der Waals surface area contributed by atoms with Crippen LogP contribution in [0.4, 0.5) is 0 Å². The number of nitrogens with one attached hydrogen (secondary N) is 1. The molecule has 0 bridgehead atoms. The molecule has 2 amide bonds. The number of hydrogen-bond acceptors (Lipinski definition) is 3. The van der Waals surface area contributed by atoms with Crippen molar-refractivity contribution in [1.29, 1.82) is 0 Å². The van der Waals surface area contributed by atoms with Crippen molar-refractivity contribution in [3.05, 3.63) is 0 Å². The maximum atomic E-state index is 12.0. The van der Waals surface area contributed by atoms with Crippen molar-refractivity contribution in [1.82, 2.24) is 10.2 Å². The minimum atomic E-state index is -0.855. The summed E-state index contributed by atoms with van der Waals surface area (Å²) < 4.78 is 0. The second-order valence-corrected chi connectivity index (χ2v) is 6.66. The topological polar surface area (TPSA) is 69.6 Å². The van der Waals surface area contributed by atoms with Gasteiger partial charge in [0, 0.05) is 12.6 Å². The molecule has 1 rings (SSSR count). The molecule has 5 heteroatoms. The first-order valence-electron chi connectivity index (χ1n) is 6.89. The normalized spacial score (nSPS) is 18.2. The van der Waals surface area contributed by atoms with Gasteiger partial charge in [-0.2, -0.15) is 0 Å². The summed E-state index contributed by atoms with van der Waals surface area (Å²) in [4.78, 5) is 25.1. The van der Waals surface area contributed by atoms with E-state index in [0.29, 0.717) is 12.8 Å². The fourth-order valence-corrected chi connectivity index (χ4v) is 2.39. The van der Waals surface area contributed by atoms with Crippen molar-refractivity contribution >= 4 is 11.8 Å². The highest BCUT2D eigenvalue weighted by molar-refractivity contribution is 5.85. The van der Waals surface area contributed by atoms with Crippen LogP contribution in [0.1, 0.15) is 52.9 Å². The third-order valence-electron chi connectivity index (χ3n) is 3.34. The predicted molar refractivity (Wildman–Crippen MR) is 73.6 cm³/mol. The number of likely N-dealkylation sites (N-methyl/N-ethyl adjacent to an activating group) is 1. The monoisotopic (exact) mass is 270 g/mol. The number of hydrogen-bond donors (Lipinski definition) is 2. The number of nitrogens with zero attached hydrogens (tertiary/aromatic N) is 1. The Hall–Kier alpha value is -1.10. The van der Waals surface area contributed by atoms with Gasteiger partial charge in [-0.3, -0.25) is 9.59 Å². The summed E-state index contributed by atoms with van der Waals surface area (Å²) in [7, 11) is 1.60. The first kappa shape index (κ1) is 16.0. The van der Waals surface area contributed by atoms with E-state index in [2.05, 4.69) is 5.32 Å². The van der Waals surface area contributed by atoms with E-state index in [1.54, 1.807) is 7.05 Å². The molecule has 0 unspecified atom stereocenters. The third kappa shape index (κ3) is 5.59. The van der Waals surface area contributed by atoms with Crippen LogP contribution < -0.4 is 5.32 Å². The van der Waals surface area contributed by atoms with Gasteiger partial charge in [0.25, 0.3) is 0 Å². The molecule has 0 heterocycles. The zero-order valence-corrected chi connectivity index (χ0v) is 12.5. The number of rotatable bonds is 4. The lowest BCUT2D eigenvalue weighted by molar-refractivity contribution is -0.139. The molecule has 0 aromatic rings. The molecule has 0 aliphatic heterocycles. The van der Waals surface area contributed by atoms with Crippen molar-refractivity contribution in [2.45, 2.75) is 64.0 Å². The van der Waals surface area contributed by atoms with Crippen LogP contribution in [0.5, 0.6) is 0 Å². The first-order chi connectivity index (χ1) is 8.61.